The Morgan fingerprint density at radius 3 is 2.79 bits per heavy atom. The van der Waals surface area contributed by atoms with Crippen LogP contribution in [0.1, 0.15) is 18.1 Å². The van der Waals surface area contributed by atoms with E-state index in [9.17, 15) is 4.79 Å². The highest BCUT2D eigenvalue weighted by atomic mass is 16.4. The van der Waals surface area contributed by atoms with Crippen molar-refractivity contribution >= 4 is 16.5 Å². The second-order valence-corrected chi connectivity index (χ2v) is 4.33. The predicted molar refractivity (Wildman–Crippen MR) is 80.2 cm³/mol. The Bertz CT molecular complexity index is 731. The molecule has 1 aromatic carbocycles. The van der Waals surface area contributed by atoms with E-state index in [1.165, 1.54) is 6.07 Å². The summed E-state index contributed by atoms with van der Waals surface area (Å²) in [6.07, 6.45) is 7.53. The van der Waals surface area contributed by atoms with Crippen LogP contribution >= 0.6 is 0 Å². The van der Waals surface area contributed by atoms with E-state index in [-0.39, 0.29) is 5.63 Å². The van der Waals surface area contributed by atoms with Crippen LogP contribution in [-0.2, 0) is 0 Å². The van der Waals surface area contributed by atoms with E-state index >= 15 is 0 Å². The lowest BCUT2D eigenvalue weighted by molar-refractivity contribution is 0.560. The molecule has 1 heterocycles. The number of aryl methyl sites for hydroxylation is 1. The standard InChI is InChI=1S/C17H16O2/c1-4-6-7-13(5-2)15-11-17(18)19-16-10-12(3)8-9-14(15)16/h4-11H,2H2,1,3H3/b6-4-,13-7+. The monoisotopic (exact) mass is 252 g/mol. The highest BCUT2D eigenvalue weighted by Crippen LogP contribution is 2.25. The van der Waals surface area contributed by atoms with E-state index in [0.717, 1.165) is 22.1 Å². The highest BCUT2D eigenvalue weighted by Gasteiger charge is 2.07. The van der Waals surface area contributed by atoms with Gasteiger partial charge in [0.2, 0.25) is 0 Å². The molecular weight excluding hydrogens is 236 g/mol. The van der Waals surface area contributed by atoms with Gasteiger partial charge in [-0.1, -0.05) is 43.0 Å². The number of hydrogen-bond acceptors (Lipinski definition) is 2. The van der Waals surface area contributed by atoms with Crippen molar-refractivity contribution in [3.05, 3.63) is 76.7 Å². The molecule has 1 aromatic heterocycles. The fourth-order valence-corrected chi connectivity index (χ4v) is 1.98. The summed E-state index contributed by atoms with van der Waals surface area (Å²) >= 11 is 0. The van der Waals surface area contributed by atoms with E-state index in [0.29, 0.717) is 5.58 Å². The van der Waals surface area contributed by atoms with E-state index in [1.54, 1.807) is 6.08 Å². The molecule has 2 heteroatoms. The van der Waals surface area contributed by atoms with Gasteiger partial charge in [-0.2, -0.15) is 0 Å². The van der Waals surface area contributed by atoms with Gasteiger partial charge in [-0.05, 0) is 36.6 Å². The second-order valence-electron chi connectivity index (χ2n) is 4.33. The molecule has 0 saturated heterocycles. The Hall–Kier alpha value is -2.35. The smallest absolute Gasteiger partial charge is 0.336 e. The number of hydrogen-bond donors (Lipinski definition) is 0. The van der Waals surface area contributed by atoms with Gasteiger partial charge in [0.1, 0.15) is 5.58 Å². The van der Waals surface area contributed by atoms with Crippen LogP contribution < -0.4 is 5.63 Å². The Morgan fingerprint density at radius 2 is 2.11 bits per heavy atom. The van der Waals surface area contributed by atoms with Crippen LogP contribution in [0, 0.1) is 6.92 Å². The van der Waals surface area contributed by atoms with Crippen molar-refractivity contribution in [2.75, 3.05) is 0 Å². The first-order valence-electron chi connectivity index (χ1n) is 6.16. The molecule has 0 amide bonds. The van der Waals surface area contributed by atoms with Crippen molar-refractivity contribution < 1.29 is 4.42 Å². The average molecular weight is 252 g/mol. The normalized spacial score (nSPS) is 12.2. The maximum absolute atomic E-state index is 11.7. The summed E-state index contributed by atoms with van der Waals surface area (Å²) in [6.45, 7) is 7.72. The summed E-state index contributed by atoms with van der Waals surface area (Å²) in [5, 5.41) is 0.917. The first-order chi connectivity index (χ1) is 9.15. The number of allylic oxidation sites excluding steroid dienone is 5. The van der Waals surface area contributed by atoms with Gasteiger partial charge >= 0.3 is 5.63 Å². The molecule has 19 heavy (non-hydrogen) atoms. The summed E-state index contributed by atoms with van der Waals surface area (Å²) in [6, 6.07) is 7.35. The molecule has 0 aliphatic rings. The van der Waals surface area contributed by atoms with Gasteiger partial charge in [-0.15, -0.1) is 0 Å². The summed E-state index contributed by atoms with van der Waals surface area (Å²) in [7, 11) is 0. The van der Waals surface area contributed by atoms with Crippen LogP contribution in [0.5, 0.6) is 0 Å². The summed E-state index contributed by atoms with van der Waals surface area (Å²) < 4.78 is 5.25. The Balaban J connectivity index is 2.78. The molecule has 0 radical (unpaired) electrons. The molecule has 0 spiro atoms. The minimum atomic E-state index is -0.346. The third-order valence-electron chi connectivity index (χ3n) is 2.90. The van der Waals surface area contributed by atoms with Gasteiger partial charge in [0.05, 0.1) is 0 Å². The van der Waals surface area contributed by atoms with E-state index in [4.69, 9.17) is 4.42 Å². The molecule has 0 fully saturated rings. The van der Waals surface area contributed by atoms with Gasteiger partial charge in [0.15, 0.2) is 0 Å². The molecule has 0 aliphatic carbocycles. The zero-order valence-electron chi connectivity index (χ0n) is 11.1. The molecule has 0 saturated carbocycles. The zero-order valence-corrected chi connectivity index (χ0v) is 11.1. The van der Waals surface area contributed by atoms with Crippen molar-refractivity contribution in [3.8, 4) is 0 Å². The fraction of sp³-hybridized carbons (Fsp3) is 0.118. The maximum Gasteiger partial charge on any atom is 0.336 e. The maximum atomic E-state index is 11.7. The zero-order chi connectivity index (χ0) is 13.8. The lowest BCUT2D eigenvalue weighted by Gasteiger charge is -2.06. The van der Waals surface area contributed by atoms with Crippen molar-refractivity contribution in [1.82, 2.24) is 0 Å². The Kier molecular flexibility index (Phi) is 3.81. The van der Waals surface area contributed by atoms with Crippen LogP contribution in [-0.4, -0.2) is 0 Å². The largest absolute Gasteiger partial charge is 0.423 e. The van der Waals surface area contributed by atoms with Gasteiger partial charge in [-0.25, -0.2) is 4.79 Å². The Labute approximate surface area is 112 Å². The van der Waals surface area contributed by atoms with Gasteiger partial charge in [0.25, 0.3) is 0 Å². The van der Waals surface area contributed by atoms with Crippen LogP contribution in [0.15, 0.2) is 64.4 Å². The van der Waals surface area contributed by atoms with E-state index in [2.05, 4.69) is 6.58 Å². The highest BCUT2D eigenvalue weighted by molar-refractivity contribution is 5.93. The minimum absolute atomic E-state index is 0.346. The van der Waals surface area contributed by atoms with Crippen molar-refractivity contribution in [2.24, 2.45) is 0 Å². The molecule has 0 atom stereocenters. The van der Waals surface area contributed by atoms with Crippen molar-refractivity contribution in [3.63, 3.8) is 0 Å². The first-order valence-corrected chi connectivity index (χ1v) is 6.16. The molecule has 0 N–H and O–H groups in total. The molecule has 96 valence electrons. The topological polar surface area (TPSA) is 30.2 Å². The third-order valence-corrected chi connectivity index (χ3v) is 2.90. The van der Waals surface area contributed by atoms with Crippen LogP contribution in [0.2, 0.25) is 0 Å². The van der Waals surface area contributed by atoms with Gasteiger partial charge < -0.3 is 4.42 Å². The SMILES string of the molecule is C=C/C(=C\C=C/C)c1cc(=O)oc2cc(C)ccc12. The number of rotatable bonds is 3. The average Bonchev–Trinajstić information content (AvgIpc) is 2.38. The number of benzene rings is 1. The summed E-state index contributed by atoms with van der Waals surface area (Å²) in [4.78, 5) is 11.7. The molecule has 2 rings (SSSR count). The lowest BCUT2D eigenvalue weighted by Crippen LogP contribution is -2.00. The van der Waals surface area contributed by atoms with Gasteiger partial charge in [0, 0.05) is 11.5 Å². The molecule has 2 aromatic rings. The molecule has 2 nitrogen and oxygen atoms in total. The van der Waals surface area contributed by atoms with E-state index < -0.39 is 0 Å². The minimum Gasteiger partial charge on any atom is -0.423 e. The molecule has 0 unspecified atom stereocenters. The first kappa shape index (κ1) is 13.1. The predicted octanol–water partition coefficient (Wildman–Crippen LogP) is 4.25. The fourth-order valence-electron chi connectivity index (χ4n) is 1.98. The third kappa shape index (κ3) is 2.74. The second kappa shape index (κ2) is 5.53. The molecule has 0 bridgehead atoms. The summed E-state index contributed by atoms with van der Waals surface area (Å²) in [5.41, 5.74) is 3.07. The molecule has 0 aliphatic heterocycles. The van der Waals surface area contributed by atoms with Crippen LogP contribution in [0.4, 0.5) is 0 Å². The van der Waals surface area contributed by atoms with Crippen molar-refractivity contribution in [1.29, 1.82) is 0 Å². The molecular formula is C17H16O2. The quantitative estimate of drug-likeness (QED) is 0.604. The summed E-state index contributed by atoms with van der Waals surface area (Å²) in [5.74, 6) is 0. The number of fused-ring (bicyclic) bond motifs is 1. The lowest BCUT2D eigenvalue weighted by atomic mass is 10.0. The van der Waals surface area contributed by atoms with E-state index in [1.807, 2.05) is 50.3 Å². The van der Waals surface area contributed by atoms with Crippen LogP contribution in [0.25, 0.3) is 16.5 Å². The van der Waals surface area contributed by atoms with Crippen LogP contribution in [0.3, 0.4) is 0 Å². The van der Waals surface area contributed by atoms with Gasteiger partial charge in [-0.3, -0.25) is 0 Å². The van der Waals surface area contributed by atoms with Crippen molar-refractivity contribution in [2.45, 2.75) is 13.8 Å². The Morgan fingerprint density at radius 1 is 1.32 bits per heavy atom.